The molecule has 4 N–H and O–H groups in total. The molecule has 0 bridgehead atoms. The summed E-state index contributed by atoms with van der Waals surface area (Å²) < 4.78 is 14.4. The van der Waals surface area contributed by atoms with Crippen molar-refractivity contribution in [3.8, 4) is 0 Å². The minimum absolute atomic E-state index is 0.106. The average Bonchev–Trinajstić information content (AvgIpc) is 3.84. The van der Waals surface area contributed by atoms with Crippen LogP contribution in [0.5, 0.6) is 0 Å². The second-order valence-corrected chi connectivity index (χ2v) is 25.4. The number of hydrogen-bond acceptors (Lipinski definition) is 7. The number of ether oxygens (including phenoxy) is 2. The summed E-state index contributed by atoms with van der Waals surface area (Å²) in [6, 6.07) is 7.54. The molecule has 364 valence electrons. The lowest BCUT2D eigenvalue weighted by Crippen LogP contribution is -2.68. The number of allylic oxidation sites excluding steroid dienone is 1. The van der Waals surface area contributed by atoms with E-state index in [1.165, 1.54) is 64.5 Å². The Bertz CT molecular complexity index is 2490. The first-order valence-electron chi connectivity index (χ1n) is 26.7. The number of Topliss-reactive ketones (excluding diaryl/α,β-unsaturated/α-hetero) is 2. The Morgan fingerprint density at radius 3 is 2.30 bits per heavy atom. The number of carbonyl (C=O) groups excluding carboxylic acids is 2. The smallest absolute Gasteiger partial charge is 0.160 e. The van der Waals surface area contributed by atoms with Crippen LogP contribution in [0.25, 0.3) is 11.0 Å². The number of nitrogens with one attached hydrogen (secondary N) is 2. The summed E-state index contributed by atoms with van der Waals surface area (Å²) in [5, 5.41) is 29.2. The number of fused-ring (bicyclic) bond motifs is 4. The van der Waals surface area contributed by atoms with Crippen molar-refractivity contribution in [3.63, 3.8) is 0 Å². The van der Waals surface area contributed by atoms with Crippen LogP contribution in [0.4, 0.5) is 0 Å². The fourth-order valence-corrected chi connectivity index (χ4v) is 17.5. The lowest BCUT2D eigenvalue weighted by molar-refractivity contribution is -0.222. The molecule has 3 aromatic rings. The summed E-state index contributed by atoms with van der Waals surface area (Å²) in [6.45, 7) is 18.8. The van der Waals surface area contributed by atoms with E-state index in [9.17, 15) is 15.0 Å². The molecule has 2 saturated heterocycles. The molecular weight excluding hydrogens is 835 g/mol. The number of aliphatic hydroxyl groups is 2. The number of hydrogen-bond donors (Lipinski definition) is 4. The molecule has 11 rings (SSSR count). The van der Waals surface area contributed by atoms with Gasteiger partial charge in [0.2, 0.25) is 0 Å². The zero-order chi connectivity index (χ0) is 47.1. The van der Waals surface area contributed by atoms with Crippen molar-refractivity contribution >= 4 is 22.6 Å². The van der Waals surface area contributed by atoms with Gasteiger partial charge in [-0.3, -0.25) is 9.59 Å². The maximum atomic E-state index is 15.4. The molecule has 11 unspecified atom stereocenters. The molecule has 9 nitrogen and oxygen atoms in total. The molecule has 6 fully saturated rings. The van der Waals surface area contributed by atoms with Crippen LogP contribution in [0.2, 0.25) is 0 Å². The van der Waals surface area contributed by atoms with Crippen molar-refractivity contribution < 1.29 is 29.3 Å². The van der Waals surface area contributed by atoms with Crippen molar-refractivity contribution in [3.05, 3.63) is 69.6 Å². The number of ketones is 2. The maximum absolute atomic E-state index is 15.4. The van der Waals surface area contributed by atoms with Gasteiger partial charge in [-0.15, -0.1) is 0 Å². The van der Waals surface area contributed by atoms with Crippen LogP contribution in [0.3, 0.4) is 0 Å². The summed E-state index contributed by atoms with van der Waals surface area (Å²) in [5.41, 5.74) is 8.62. The highest BCUT2D eigenvalue weighted by molar-refractivity contribution is 6.02. The zero-order valence-corrected chi connectivity index (χ0v) is 42.1. The van der Waals surface area contributed by atoms with Gasteiger partial charge in [0.1, 0.15) is 11.9 Å². The summed E-state index contributed by atoms with van der Waals surface area (Å²) in [6.07, 6.45) is 17.2. The fourth-order valence-electron chi connectivity index (χ4n) is 17.5. The number of benzene rings is 1. The molecule has 9 heteroatoms. The normalized spacial score (nSPS) is 39.1. The molecule has 3 aliphatic heterocycles. The van der Waals surface area contributed by atoms with E-state index in [4.69, 9.17) is 9.47 Å². The highest BCUT2D eigenvalue weighted by atomic mass is 16.6. The van der Waals surface area contributed by atoms with Crippen LogP contribution >= 0.6 is 0 Å². The van der Waals surface area contributed by atoms with Gasteiger partial charge in [-0.2, -0.15) is 0 Å². The predicted octanol–water partition coefficient (Wildman–Crippen LogP) is 10.3. The molecule has 5 heterocycles. The number of aromatic amines is 1. The summed E-state index contributed by atoms with van der Waals surface area (Å²) in [7, 11) is 1.98. The fraction of sp³-hybridized carbons (Fsp3) is 0.724. The first kappa shape index (κ1) is 46.3. The molecule has 2 aromatic heterocycles. The van der Waals surface area contributed by atoms with E-state index in [0.29, 0.717) is 49.8 Å². The summed E-state index contributed by atoms with van der Waals surface area (Å²) in [4.78, 5) is 33.4. The number of nitrogens with zero attached hydrogens (tertiary/aromatic N) is 1. The molecule has 8 aliphatic rings. The van der Waals surface area contributed by atoms with Gasteiger partial charge in [-0.25, -0.2) is 0 Å². The highest BCUT2D eigenvalue weighted by Crippen LogP contribution is 2.76. The summed E-state index contributed by atoms with van der Waals surface area (Å²) in [5.74, 6) is 1.44. The van der Waals surface area contributed by atoms with Gasteiger partial charge in [0.25, 0.3) is 0 Å². The first-order chi connectivity index (χ1) is 31.8. The molecule has 67 heavy (non-hydrogen) atoms. The quantitative estimate of drug-likeness (QED) is 0.149. The van der Waals surface area contributed by atoms with E-state index >= 15 is 4.79 Å². The van der Waals surface area contributed by atoms with Crippen molar-refractivity contribution in [2.75, 3.05) is 26.8 Å². The van der Waals surface area contributed by atoms with Crippen molar-refractivity contribution in [2.24, 2.45) is 44.8 Å². The van der Waals surface area contributed by atoms with Gasteiger partial charge in [0, 0.05) is 73.7 Å². The van der Waals surface area contributed by atoms with Crippen LogP contribution in [0.1, 0.15) is 178 Å². The van der Waals surface area contributed by atoms with Crippen molar-refractivity contribution in [1.82, 2.24) is 14.9 Å². The molecule has 0 radical (unpaired) electrons. The third-order valence-electron chi connectivity index (χ3n) is 21.2. The van der Waals surface area contributed by atoms with E-state index in [-0.39, 0.29) is 40.5 Å². The molecule has 5 aliphatic carbocycles. The van der Waals surface area contributed by atoms with Gasteiger partial charge in [0.05, 0.1) is 28.8 Å². The van der Waals surface area contributed by atoms with Gasteiger partial charge >= 0.3 is 0 Å². The Morgan fingerprint density at radius 2 is 1.61 bits per heavy atom. The average molecular weight is 916 g/mol. The van der Waals surface area contributed by atoms with Crippen LogP contribution in [-0.4, -0.2) is 82.0 Å². The maximum Gasteiger partial charge on any atom is 0.160 e. The van der Waals surface area contributed by atoms with Crippen molar-refractivity contribution in [2.45, 2.75) is 193 Å². The monoisotopic (exact) mass is 916 g/mol. The highest BCUT2D eigenvalue weighted by Gasteiger charge is 2.73. The van der Waals surface area contributed by atoms with Crippen LogP contribution in [-0.2, 0) is 38.4 Å². The third-order valence-corrected chi connectivity index (χ3v) is 21.2. The Hall–Kier alpha value is -3.08. The molecular formula is C58H81N3O6. The van der Waals surface area contributed by atoms with Gasteiger partial charge in [-0.1, -0.05) is 65.7 Å². The molecule has 11 atom stereocenters. The number of aromatic nitrogens is 2. The summed E-state index contributed by atoms with van der Waals surface area (Å²) >= 11 is 0. The first-order valence-corrected chi connectivity index (χ1v) is 26.7. The van der Waals surface area contributed by atoms with Crippen LogP contribution in [0.15, 0.2) is 41.7 Å². The number of epoxide rings is 1. The zero-order valence-electron chi connectivity index (χ0n) is 42.1. The lowest BCUT2D eigenvalue weighted by Gasteiger charge is -2.70. The number of aryl methyl sites for hydroxylation is 1. The Balaban J connectivity index is 1.05. The minimum Gasteiger partial charge on any atom is -0.392 e. The predicted molar refractivity (Wildman–Crippen MR) is 263 cm³/mol. The standard InChI is InChI=1S/C58H81N3O6/c1-53(2)52(67-53)43(63)29-54(3)18-13-37-31-60-48-40(27-34-25-38(35-11-9-10-12-35)28-39(26-34)36-16-23-66-24-17-36)32-61(49(37)48)33-41-46-47(54)42(62)30-58(46,7)57(6)20-14-44-55(4,21-22-59-8)45(64)15-19-56(44,5)51(57)50(41)65/h25-26,28,31-32,35-36,41,43-44,50-52,59-60,63,65H,9-24,27,29-30,33H2,1-8H3. The number of H-pyrrole nitrogens is 1. The van der Waals surface area contributed by atoms with Gasteiger partial charge < -0.3 is 34.6 Å². The third kappa shape index (κ3) is 7.06. The van der Waals surface area contributed by atoms with E-state index in [1.54, 1.807) is 0 Å². The minimum atomic E-state index is -0.726. The van der Waals surface area contributed by atoms with Gasteiger partial charge in [-0.05, 0) is 171 Å². The van der Waals surface area contributed by atoms with Crippen LogP contribution < -0.4 is 5.32 Å². The van der Waals surface area contributed by atoms with Gasteiger partial charge in [0.15, 0.2) is 5.78 Å². The number of aliphatic hydroxyl groups excluding tert-OH is 2. The molecule has 4 saturated carbocycles. The number of carbonyl (C=O) groups is 2. The van der Waals surface area contributed by atoms with Crippen molar-refractivity contribution in [1.29, 1.82) is 0 Å². The SMILES string of the molecule is CNCCC1(C)C(=O)CCC2(C)C1CCC1(C)C2C(O)C2Cn3cc(Cc4cc(C5CCCC5)cc(C5CCOCC5)c4)c4[nH]cc(c43)CCC(C)(CC(O)C3OC3(C)C)C3=C2C1(C)CC3=O. The number of rotatable bonds is 10. The largest absolute Gasteiger partial charge is 0.392 e. The molecule has 1 aromatic carbocycles. The Labute approximate surface area is 400 Å². The van der Waals surface area contributed by atoms with E-state index in [2.05, 4.69) is 80.1 Å². The Morgan fingerprint density at radius 1 is 0.910 bits per heavy atom. The lowest BCUT2D eigenvalue weighted by atomic mass is 9.34. The Kier molecular flexibility index (Phi) is 11.2. The molecule has 0 spiro atoms. The van der Waals surface area contributed by atoms with Crippen LogP contribution in [0, 0.1) is 44.8 Å². The topological polar surface area (TPSA) is 129 Å². The second kappa shape index (κ2) is 16.2. The van der Waals surface area contributed by atoms with E-state index < -0.39 is 34.1 Å². The molecule has 0 amide bonds. The van der Waals surface area contributed by atoms with E-state index in [0.717, 1.165) is 82.3 Å². The second-order valence-electron chi connectivity index (χ2n) is 25.4. The van der Waals surface area contributed by atoms with E-state index in [1.807, 2.05) is 20.9 Å².